The first kappa shape index (κ1) is 12.2. The number of aromatic nitrogens is 2. The van der Waals surface area contributed by atoms with Gasteiger partial charge in [0, 0.05) is 18.8 Å². The normalized spacial score (nSPS) is 11.0. The van der Waals surface area contributed by atoms with Gasteiger partial charge in [-0.1, -0.05) is 0 Å². The molecule has 0 aliphatic rings. The van der Waals surface area contributed by atoms with Gasteiger partial charge in [0.25, 0.3) is 0 Å². The van der Waals surface area contributed by atoms with Crippen LogP contribution < -0.4 is 16.4 Å². The van der Waals surface area contributed by atoms with Crippen LogP contribution in [0.4, 0.5) is 11.8 Å². The first-order valence-corrected chi connectivity index (χ1v) is 4.96. The molecular formula is C10H17N5O. The van der Waals surface area contributed by atoms with E-state index in [1.807, 2.05) is 6.92 Å². The van der Waals surface area contributed by atoms with E-state index in [-0.39, 0.29) is 0 Å². The number of carbonyl (C=O) groups excluding carboxylic acids is 1. The lowest BCUT2D eigenvalue weighted by atomic mass is 10.1. The minimum Gasteiger partial charge on any atom is -0.368 e. The average Bonchev–Trinajstić information content (AvgIpc) is 2.15. The lowest BCUT2D eigenvalue weighted by Crippen LogP contribution is -2.45. The Labute approximate surface area is 94.7 Å². The van der Waals surface area contributed by atoms with E-state index < -0.39 is 11.4 Å². The molecule has 1 amide bonds. The molecule has 0 saturated heterocycles. The lowest BCUT2D eigenvalue weighted by Gasteiger charge is -2.23. The number of hydrogen-bond donors (Lipinski definition) is 3. The Balaban J connectivity index is 2.97. The molecule has 6 nitrogen and oxygen atoms in total. The van der Waals surface area contributed by atoms with Gasteiger partial charge < -0.3 is 16.4 Å². The average molecular weight is 223 g/mol. The minimum atomic E-state index is -0.841. The Morgan fingerprint density at radius 1 is 1.44 bits per heavy atom. The maximum Gasteiger partial charge on any atom is 0.242 e. The van der Waals surface area contributed by atoms with Crippen LogP contribution in [-0.2, 0) is 4.79 Å². The van der Waals surface area contributed by atoms with Crippen molar-refractivity contribution in [3.05, 3.63) is 11.8 Å². The predicted octanol–water partition coefficient (Wildman–Crippen LogP) is 0.503. The first-order valence-electron chi connectivity index (χ1n) is 4.96. The Morgan fingerprint density at radius 3 is 2.56 bits per heavy atom. The monoisotopic (exact) mass is 223 g/mol. The van der Waals surface area contributed by atoms with Crippen LogP contribution in [0.15, 0.2) is 6.07 Å². The summed E-state index contributed by atoms with van der Waals surface area (Å²) in [5, 5.41) is 5.81. The highest BCUT2D eigenvalue weighted by Crippen LogP contribution is 2.14. The van der Waals surface area contributed by atoms with Crippen molar-refractivity contribution in [3.8, 4) is 0 Å². The van der Waals surface area contributed by atoms with E-state index in [4.69, 9.17) is 5.73 Å². The summed E-state index contributed by atoms with van der Waals surface area (Å²) in [6.07, 6.45) is 0. The second kappa shape index (κ2) is 4.34. The molecule has 1 heterocycles. The number of amides is 1. The summed E-state index contributed by atoms with van der Waals surface area (Å²) >= 11 is 0. The summed E-state index contributed by atoms with van der Waals surface area (Å²) in [4.78, 5) is 19.5. The maximum atomic E-state index is 11.2. The molecule has 1 aromatic rings. The molecule has 0 atom stereocenters. The highest BCUT2D eigenvalue weighted by atomic mass is 16.1. The summed E-state index contributed by atoms with van der Waals surface area (Å²) in [6.45, 7) is 5.25. The van der Waals surface area contributed by atoms with Gasteiger partial charge in [-0.2, -0.15) is 4.98 Å². The zero-order valence-corrected chi connectivity index (χ0v) is 9.96. The predicted molar refractivity (Wildman–Crippen MR) is 63.2 cm³/mol. The molecule has 0 spiro atoms. The fourth-order valence-corrected chi connectivity index (χ4v) is 1.13. The van der Waals surface area contributed by atoms with Crippen LogP contribution in [0.1, 0.15) is 19.5 Å². The number of primary amides is 1. The van der Waals surface area contributed by atoms with Crippen LogP contribution in [0.5, 0.6) is 0 Å². The summed E-state index contributed by atoms with van der Waals surface area (Å²) in [7, 11) is 1.73. The van der Waals surface area contributed by atoms with E-state index in [2.05, 4.69) is 20.6 Å². The van der Waals surface area contributed by atoms with Crippen LogP contribution in [0.25, 0.3) is 0 Å². The van der Waals surface area contributed by atoms with Crippen LogP contribution in [0, 0.1) is 6.92 Å². The minimum absolute atomic E-state index is 0.435. The molecule has 6 heteroatoms. The van der Waals surface area contributed by atoms with Gasteiger partial charge in [0.2, 0.25) is 11.9 Å². The maximum absolute atomic E-state index is 11.2. The Bertz CT molecular complexity index is 402. The molecule has 0 saturated carbocycles. The smallest absolute Gasteiger partial charge is 0.242 e. The second-order valence-electron chi connectivity index (χ2n) is 4.08. The largest absolute Gasteiger partial charge is 0.368 e. The lowest BCUT2D eigenvalue weighted by molar-refractivity contribution is -0.121. The third-order valence-electron chi connectivity index (χ3n) is 2.13. The molecule has 88 valence electrons. The molecule has 4 N–H and O–H groups in total. The number of nitrogens with one attached hydrogen (secondary N) is 2. The third kappa shape index (κ3) is 2.82. The fourth-order valence-electron chi connectivity index (χ4n) is 1.13. The number of aryl methyl sites for hydroxylation is 1. The molecular weight excluding hydrogens is 206 g/mol. The topological polar surface area (TPSA) is 92.9 Å². The Morgan fingerprint density at radius 2 is 2.06 bits per heavy atom. The van der Waals surface area contributed by atoms with E-state index in [9.17, 15) is 4.79 Å². The molecule has 0 unspecified atom stereocenters. The molecule has 1 aromatic heterocycles. The highest BCUT2D eigenvalue weighted by Gasteiger charge is 2.25. The Kier molecular flexibility index (Phi) is 3.31. The standard InChI is InChI=1S/C10H17N5O/c1-6-5-7(14-9(12-4)13-6)15-10(2,3)8(11)16/h5H,1-4H3,(H2,11,16)(H2,12,13,14,15). The van der Waals surface area contributed by atoms with E-state index in [0.29, 0.717) is 11.8 Å². The van der Waals surface area contributed by atoms with Crippen molar-refractivity contribution in [1.82, 2.24) is 9.97 Å². The summed E-state index contributed by atoms with van der Waals surface area (Å²) in [6, 6.07) is 1.76. The van der Waals surface area contributed by atoms with Crippen LogP contribution in [0.3, 0.4) is 0 Å². The summed E-state index contributed by atoms with van der Waals surface area (Å²) in [5.74, 6) is 0.637. The SMILES string of the molecule is CNc1nc(C)cc(NC(C)(C)C(N)=O)n1. The van der Waals surface area contributed by atoms with Gasteiger partial charge >= 0.3 is 0 Å². The van der Waals surface area contributed by atoms with Crippen molar-refractivity contribution < 1.29 is 4.79 Å². The number of anilines is 2. The van der Waals surface area contributed by atoms with Crippen molar-refractivity contribution in [2.45, 2.75) is 26.3 Å². The van der Waals surface area contributed by atoms with Crippen molar-refractivity contribution >= 4 is 17.7 Å². The van der Waals surface area contributed by atoms with Crippen molar-refractivity contribution in [1.29, 1.82) is 0 Å². The van der Waals surface area contributed by atoms with E-state index in [0.717, 1.165) is 5.69 Å². The van der Waals surface area contributed by atoms with Crippen molar-refractivity contribution in [3.63, 3.8) is 0 Å². The molecule has 1 rings (SSSR count). The van der Waals surface area contributed by atoms with E-state index >= 15 is 0 Å². The zero-order valence-electron chi connectivity index (χ0n) is 9.96. The van der Waals surface area contributed by atoms with Crippen LogP contribution in [0.2, 0.25) is 0 Å². The Hall–Kier alpha value is -1.85. The van der Waals surface area contributed by atoms with Gasteiger partial charge in [-0.05, 0) is 20.8 Å². The van der Waals surface area contributed by atoms with Crippen molar-refractivity contribution in [2.24, 2.45) is 5.73 Å². The zero-order chi connectivity index (χ0) is 12.3. The molecule has 0 aromatic carbocycles. The van der Waals surface area contributed by atoms with Gasteiger partial charge in [-0.3, -0.25) is 4.79 Å². The fraction of sp³-hybridized carbons (Fsp3) is 0.500. The highest BCUT2D eigenvalue weighted by molar-refractivity contribution is 5.86. The van der Waals surface area contributed by atoms with Crippen LogP contribution >= 0.6 is 0 Å². The number of hydrogen-bond acceptors (Lipinski definition) is 5. The number of nitrogens with zero attached hydrogens (tertiary/aromatic N) is 2. The molecule has 0 aliphatic carbocycles. The van der Waals surface area contributed by atoms with Gasteiger partial charge in [0.05, 0.1) is 0 Å². The molecule has 0 bridgehead atoms. The molecule has 16 heavy (non-hydrogen) atoms. The third-order valence-corrected chi connectivity index (χ3v) is 2.13. The molecule has 0 fully saturated rings. The summed E-state index contributed by atoms with van der Waals surface area (Å²) in [5.41, 5.74) is 5.23. The quantitative estimate of drug-likeness (QED) is 0.691. The van der Waals surface area contributed by atoms with E-state index in [1.165, 1.54) is 0 Å². The molecule has 0 aliphatic heterocycles. The number of carbonyl (C=O) groups is 1. The second-order valence-corrected chi connectivity index (χ2v) is 4.08. The number of rotatable bonds is 4. The van der Waals surface area contributed by atoms with Crippen LogP contribution in [-0.4, -0.2) is 28.5 Å². The van der Waals surface area contributed by atoms with Gasteiger partial charge in [0.15, 0.2) is 0 Å². The van der Waals surface area contributed by atoms with Gasteiger partial charge in [-0.25, -0.2) is 4.98 Å². The van der Waals surface area contributed by atoms with Gasteiger partial charge in [-0.15, -0.1) is 0 Å². The first-order chi connectivity index (χ1) is 7.35. The van der Waals surface area contributed by atoms with Crippen molar-refractivity contribution in [2.75, 3.05) is 17.7 Å². The molecule has 0 radical (unpaired) electrons. The number of nitrogens with two attached hydrogens (primary N) is 1. The van der Waals surface area contributed by atoms with Gasteiger partial charge in [0.1, 0.15) is 11.4 Å². The van der Waals surface area contributed by atoms with E-state index in [1.54, 1.807) is 27.0 Å². The summed E-state index contributed by atoms with van der Waals surface area (Å²) < 4.78 is 0.